The van der Waals surface area contributed by atoms with E-state index >= 15 is 0 Å². The van der Waals surface area contributed by atoms with Gasteiger partial charge in [-0.2, -0.15) is 0 Å². The quantitative estimate of drug-likeness (QED) is 0.846. The number of piperazine rings is 1. The van der Waals surface area contributed by atoms with E-state index in [1.54, 1.807) is 13.4 Å². The first kappa shape index (κ1) is 15.8. The van der Waals surface area contributed by atoms with Crippen molar-refractivity contribution in [2.24, 2.45) is 4.99 Å². The van der Waals surface area contributed by atoms with Crippen LogP contribution in [0.15, 0.2) is 35.6 Å². The largest absolute Gasteiger partial charge is 0.497 e. The van der Waals surface area contributed by atoms with Crippen molar-refractivity contribution in [2.45, 2.75) is 25.4 Å². The Labute approximate surface area is 153 Å². The molecule has 2 fully saturated rings. The first-order chi connectivity index (χ1) is 12.8. The minimum Gasteiger partial charge on any atom is -0.497 e. The molecule has 1 aromatic heterocycles. The summed E-state index contributed by atoms with van der Waals surface area (Å²) < 4.78 is 5.38. The number of fused-ring (bicyclic) bond motifs is 1. The second-order valence-electron chi connectivity index (χ2n) is 7.20. The lowest BCUT2D eigenvalue weighted by molar-refractivity contribution is 0.247. The number of nitrogens with zero attached hydrogens (tertiary/aromatic N) is 5. The van der Waals surface area contributed by atoms with E-state index in [9.17, 15) is 0 Å². The van der Waals surface area contributed by atoms with Gasteiger partial charge in [-0.05, 0) is 30.5 Å². The van der Waals surface area contributed by atoms with E-state index in [2.05, 4.69) is 38.0 Å². The van der Waals surface area contributed by atoms with Gasteiger partial charge in [0.15, 0.2) is 0 Å². The number of hydrogen-bond donors (Lipinski definition) is 0. The van der Waals surface area contributed by atoms with E-state index in [1.165, 1.54) is 18.4 Å². The van der Waals surface area contributed by atoms with Gasteiger partial charge in [0, 0.05) is 43.9 Å². The summed E-state index contributed by atoms with van der Waals surface area (Å²) >= 11 is 0. The highest BCUT2D eigenvalue weighted by Gasteiger charge is 2.31. The van der Waals surface area contributed by atoms with Gasteiger partial charge in [-0.1, -0.05) is 6.07 Å². The van der Waals surface area contributed by atoms with Crippen molar-refractivity contribution in [3.05, 3.63) is 47.4 Å². The van der Waals surface area contributed by atoms with Crippen LogP contribution < -0.4 is 9.64 Å². The predicted octanol–water partition coefficient (Wildman–Crippen LogP) is 2.12. The minimum atomic E-state index is 0.702. The average Bonchev–Trinajstić information content (AvgIpc) is 3.47. The summed E-state index contributed by atoms with van der Waals surface area (Å²) in [6.07, 6.45) is 4.42. The van der Waals surface area contributed by atoms with Crippen molar-refractivity contribution in [1.29, 1.82) is 0 Å². The highest BCUT2D eigenvalue weighted by Crippen LogP contribution is 2.29. The molecule has 0 bridgehead atoms. The first-order valence-electron chi connectivity index (χ1n) is 9.35. The Kier molecular flexibility index (Phi) is 3.85. The second kappa shape index (κ2) is 6.36. The van der Waals surface area contributed by atoms with Gasteiger partial charge in [0.1, 0.15) is 17.9 Å². The molecule has 2 aromatic rings. The third-order valence-electron chi connectivity index (χ3n) is 5.58. The molecule has 1 saturated heterocycles. The SMILES string of the molecule is COc1ccc2c(c1)C(c1cc(N3CCN(C4CC4)CC3)ncn1)=NC2. The van der Waals surface area contributed by atoms with Gasteiger partial charge in [-0.15, -0.1) is 0 Å². The molecule has 0 atom stereocenters. The first-order valence-corrected chi connectivity index (χ1v) is 9.35. The third-order valence-corrected chi connectivity index (χ3v) is 5.58. The Morgan fingerprint density at radius 3 is 2.65 bits per heavy atom. The summed E-state index contributed by atoms with van der Waals surface area (Å²) in [6, 6.07) is 9.06. The molecule has 26 heavy (non-hydrogen) atoms. The van der Waals surface area contributed by atoms with Crippen LogP contribution in [-0.4, -0.2) is 59.9 Å². The van der Waals surface area contributed by atoms with Crippen LogP contribution in [0.1, 0.15) is 29.7 Å². The molecule has 0 unspecified atom stereocenters. The molecule has 0 amide bonds. The number of ether oxygens (including phenoxy) is 1. The monoisotopic (exact) mass is 349 g/mol. The number of benzene rings is 1. The number of aliphatic imine (C=N–C) groups is 1. The molecule has 6 heteroatoms. The lowest BCUT2D eigenvalue weighted by Gasteiger charge is -2.35. The molecule has 6 nitrogen and oxygen atoms in total. The average molecular weight is 349 g/mol. The van der Waals surface area contributed by atoms with Gasteiger partial charge >= 0.3 is 0 Å². The topological polar surface area (TPSA) is 53.9 Å². The lowest BCUT2D eigenvalue weighted by atomic mass is 10.0. The van der Waals surface area contributed by atoms with Crippen molar-refractivity contribution in [1.82, 2.24) is 14.9 Å². The Balaban J connectivity index is 1.38. The van der Waals surface area contributed by atoms with E-state index in [-0.39, 0.29) is 0 Å². The summed E-state index contributed by atoms with van der Waals surface area (Å²) in [5.41, 5.74) is 4.18. The molecule has 0 N–H and O–H groups in total. The van der Waals surface area contributed by atoms with Crippen LogP contribution in [0.5, 0.6) is 5.75 Å². The van der Waals surface area contributed by atoms with Crippen molar-refractivity contribution in [3.63, 3.8) is 0 Å². The molecule has 1 saturated carbocycles. The lowest BCUT2D eigenvalue weighted by Crippen LogP contribution is -2.47. The summed E-state index contributed by atoms with van der Waals surface area (Å²) in [5, 5.41) is 0. The van der Waals surface area contributed by atoms with Gasteiger partial charge < -0.3 is 9.64 Å². The number of methoxy groups -OCH3 is 1. The molecule has 0 radical (unpaired) electrons. The normalized spacial score (nSPS) is 20.0. The number of hydrogen-bond acceptors (Lipinski definition) is 6. The number of rotatable bonds is 4. The Morgan fingerprint density at radius 1 is 1.04 bits per heavy atom. The van der Waals surface area contributed by atoms with Gasteiger partial charge in [0.25, 0.3) is 0 Å². The number of aromatic nitrogens is 2. The predicted molar refractivity (Wildman–Crippen MR) is 101 cm³/mol. The van der Waals surface area contributed by atoms with E-state index in [1.807, 2.05) is 6.07 Å². The van der Waals surface area contributed by atoms with Crippen LogP contribution in [0.4, 0.5) is 5.82 Å². The highest BCUT2D eigenvalue weighted by molar-refractivity contribution is 6.14. The molecular weight excluding hydrogens is 326 g/mol. The Bertz CT molecular complexity index is 853. The minimum absolute atomic E-state index is 0.702. The maximum absolute atomic E-state index is 5.38. The summed E-state index contributed by atoms with van der Waals surface area (Å²) in [5.74, 6) is 1.85. The summed E-state index contributed by atoms with van der Waals surface area (Å²) in [7, 11) is 1.69. The van der Waals surface area contributed by atoms with Gasteiger partial charge in [0.2, 0.25) is 0 Å². The Morgan fingerprint density at radius 2 is 1.88 bits per heavy atom. The molecule has 3 heterocycles. The fraction of sp³-hybridized carbons (Fsp3) is 0.450. The summed E-state index contributed by atoms with van der Waals surface area (Å²) in [6.45, 7) is 5.03. The van der Waals surface area contributed by atoms with E-state index in [0.29, 0.717) is 6.54 Å². The highest BCUT2D eigenvalue weighted by atomic mass is 16.5. The maximum atomic E-state index is 5.38. The van der Waals surface area contributed by atoms with Crippen LogP contribution >= 0.6 is 0 Å². The van der Waals surface area contributed by atoms with E-state index in [4.69, 9.17) is 9.73 Å². The smallest absolute Gasteiger partial charge is 0.132 e. The van der Waals surface area contributed by atoms with Gasteiger partial charge in [0.05, 0.1) is 25.1 Å². The van der Waals surface area contributed by atoms with Crippen LogP contribution in [0.25, 0.3) is 0 Å². The standard InChI is InChI=1S/C20H23N5O/c1-26-16-5-2-14-12-21-20(17(14)10-16)18-11-19(23-13-22-18)25-8-6-24(7-9-25)15-3-4-15/h2,5,10-11,13,15H,3-4,6-9,12H2,1H3. The van der Waals surface area contributed by atoms with Crippen LogP contribution in [0.3, 0.4) is 0 Å². The van der Waals surface area contributed by atoms with Crippen molar-refractivity contribution < 1.29 is 4.74 Å². The summed E-state index contributed by atoms with van der Waals surface area (Å²) in [4.78, 5) is 18.7. The van der Waals surface area contributed by atoms with Crippen LogP contribution in [-0.2, 0) is 6.54 Å². The fourth-order valence-electron chi connectivity index (χ4n) is 3.91. The Hall–Kier alpha value is -2.47. The molecular formula is C20H23N5O. The number of anilines is 1. The van der Waals surface area contributed by atoms with E-state index < -0.39 is 0 Å². The molecule has 0 spiro atoms. The maximum Gasteiger partial charge on any atom is 0.132 e. The van der Waals surface area contributed by atoms with Gasteiger partial charge in [-0.25, -0.2) is 9.97 Å². The molecule has 134 valence electrons. The molecule has 1 aromatic carbocycles. The second-order valence-corrected chi connectivity index (χ2v) is 7.20. The van der Waals surface area contributed by atoms with Gasteiger partial charge in [-0.3, -0.25) is 9.89 Å². The molecule has 5 rings (SSSR count). The van der Waals surface area contributed by atoms with Crippen molar-refractivity contribution >= 4 is 11.5 Å². The fourth-order valence-corrected chi connectivity index (χ4v) is 3.91. The molecule has 1 aliphatic carbocycles. The van der Waals surface area contributed by atoms with Crippen molar-refractivity contribution in [2.75, 3.05) is 38.2 Å². The van der Waals surface area contributed by atoms with Crippen LogP contribution in [0, 0.1) is 0 Å². The zero-order chi connectivity index (χ0) is 17.5. The van der Waals surface area contributed by atoms with E-state index in [0.717, 1.165) is 60.8 Å². The molecule has 3 aliphatic rings. The third kappa shape index (κ3) is 2.84. The molecule has 2 aliphatic heterocycles. The van der Waals surface area contributed by atoms with Crippen LogP contribution in [0.2, 0.25) is 0 Å². The zero-order valence-electron chi connectivity index (χ0n) is 15.1. The zero-order valence-corrected chi connectivity index (χ0v) is 15.1. The van der Waals surface area contributed by atoms with Crippen molar-refractivity contribution in [3.8, 4) is 5.75 Å².